The fourth-order valence-corrected chi connectivity index (χ4v) is 3.71. The monoisotopic (exact) mass is 394 g/mol. The summed E-state index contributed by atoms with van der Waals surface area (Å²) in [6.07, 6.45) is -4.21. The van der Waals surface area contributed by atoms with Crippen LogP contribution in [0.2, 0.25) is 0 Å². The zero-order valence-corrected chi connectivity index (χ0v) is 14.9. The summed E-state index contributed by atoms with van der Waals surface area (Å²) in [5, 5.41) is 0. The van der Waals surface area contributed by atoms with Gasteiger partial charge in [0.05, 0.1) is 17.3 Å². The molecule has 4 rings (SSSR count). The number of fused-ring (bicyclic) bond motifs is 3. The number of amides is 1. The summed E-state index contributed by atoms with van der Waals surface area (Å²) in [5.41, 5.74) is 1.34. The van der Waals surface area contributed by atoms with Gasteiger partial charge in [-0.1, -0.05) is 18.2 Å². The maximum Gasteiger partial charge on any atom is 0.416 e. The highest BCUT2D eigenvalue weighted by Crippen LogP contribution is 2.33. The van der Waals surface area contributed by atoms with Crippen molar-refractivity contribution in [3.05, 3.63) is 65.0 Å². The van der Waals surface area contributed by atoms with Crippen LogP contribution in [-0.4, -0.2) is 30.2 Å². The van der Waals surface area contributed by atoms with Crippen molar-refractivity contribution in [3.63, 3.8) is 0 Å². The number of ether oxygens (including phenoxy) is 1. The van der Waals surface area contributed by atoms with E-state index in [1.165, 1.54) is 29.2 Å². The van der Waals surface area contributed by atoms with Crippen LogP contribution in [0.4, 0.5) is 28.0 Å². The van der Waals surface area contributed by atoms with Crippen LogP contribution in [0.3, 0.4) is 0 Å². The minimum atomic E-state index is -4.36. The van der Waals surface area contributed by atoms with Crippen LogP contribution in [-0.2, 0) is 24.0 Å². The Morgan fingerprint density at radius 3 is 2.57 bits per heavy atom. The number of hydrogen-bond donors (Lipinski definition) is 0. The molecular weight excluding hydrogens is 376 g/mol. The number of carbonyl (C=O) groups is 1. The first kappa shape index (κ1) is 18.7. The SMILES string of the molecule is O=C1OCC2CCN(Cc3ccc(C(F)(F)F)cc3)Cc3ccc(F)cc3N12. The van der Waals surface area contributed by atoms with Gasteiger partial charge in [-0.15, -0.1) is 0 Å². The highest BCUT2D eigenvalue weighted by molar-refractivity contribution is 5.91. The van der Waals surface area contributed by atoms with E-state index in [1.54, 1.807) is 6.07 Å². The topological polar surface area (TPSA) is 32.8 Å². The molecule has 1 fully saturated rings. The molecule has 2 heterocycles. The third-order valence-electron chi connectivity index (χ3n) is 5.13. The van der Waals surface area contributed by atoms with Gasteiger partial charge in [0.1, 0.15) is 12.4 Å². The van der Waals surface area contributed by atoms with E-state index in [-0.39, 0.29) is 12.6 Å². The first-order valence-corrected chi connectivity index (χ1v) is 8.94. The van der Waals surface area contributed by atoms with Crippen molar-refractivity contribution in [1.29, 1.82) is 0 Å². The predicted octanol–water partition coefficient (Wildman–Crippen LogP) is 4.58. The van der Waals surface area contributed by atoms with Crippen LogP contribution in [0, 0.1) is 5.82 Å². The first-order valence-electron chi connectivity index (χ1n) is 8.94. The van der Waals surface area contributed by atoms with Crippen molar-refractivity contribution in [3.8, 4) is 0 Å². The number of anilines is 1. The molecule has 2 aromatic rings. The molecule has 8 heteroatoms. The van der Waals surface area contributed by atoms with Gasteiger partial charge in [0.15, 0.2) is 0 Å². The summed E-state index contributed by atoms with van der Waals surface area (Å²) < 4.78 is 57.2. The summed E-state index contributed by atoms with van der Waals surface area (Å²) in [7, 11) is 0. The van der Waals surface area contributed by atoms with E-state index >= 15 is 0 Å². The lowest BCUT2D eigenvalue weighted by Gasteiger charge is -2.32. The fraction of sp³-hybridized carbons (Fsp3) is 0.350. The molecule has 2 aromatic carbocycles. The number of alkyl halides is 3. The number of benzene rings is 2. The normalized spacial score (nSPS) is 20.2. The van der Waals surface area contributed by atoms with Crippen molar-refractivity contribution < 1.29 is 27.1 Å². The summed E-state index contributed by atoms with van der Waals surface area (Å²) in [6, 6.07) is 9.22. The molecule has 2 aliphatic heterocycles. The molecule has 2 aliphatic rings. The molecule has 0 bridgehead atoms. The maximum atomic E-state index is 13.8. The van der Waals surface area contributed by atoms with Crippen molar-refractivity contribution in [2.75, 3.05) is 18.1 Å². The molecule has 148 valence electrons. The predicted molar refractivity (Wildman–Crippen MR) is 94.2 cm³/mol. The minimum absolute atomic E-state index is 0.191. The average molecular weight is 394 g/mol. The van der Waals surface area contributed by atoms with Gasteiger partial charge >= 0.3 is 12.3 Å². The van der Waals surface area contributed by atoms with Crippen LogP contribution in [0.1, 0.15) is 23.1 Å². The Bertz CT molecular complexity index is 883. The van der Waals surface area contributed by atoms with Crippen molar-refractivity contribution in [1.82, 2.24) is 4.90 Å². The van der Waals surface area contributed by atoms with Crippen molar-refractivity contribution in [2.45, 2.75) is 31.7 Å². The van der Waals surface area contributed by atoms with Gasteiger partial charge in [0.2, 0.25) is 0 Å². The Morgan fingerprint density at radius 1 is 1.11 bits per heavy atom. The van der Waals surface area contributed by atoms with Gasteiger partial charge in [-0.05, 0) is 41.8 Å². The van der Waals surface area contributed by atoms with E-state index in [1.807, 2.05) is 0 Å². The van der Waals surface area contributed by atoms with Crippen LogP contribution < -0.4 is 4.90 Å². The number of rotatable bonds is 2. The van der Waals surface area contributed by atoms with Crippen LogP contribution >= 0.6 is 0 Å². The average Bonchev–Trinajstić information content (AvgIpc) is 2.99. The molecule has 1 saturated heterocycles. The van der Waals surface area contributed by atoms with E-state index < -0.39 is 23.7 Å². The lowest BCUT2D eigenvalue weighted by molar-refractivity contribution is -0.137. The summed E-state index contributed by atoms with van der Waals surface area (Å²) in [6.45, 7) is 1.78. The standard InChI is InChI=1S/C20H18F4N2O2/c21-16-6-3-14-11-25(10-13-1-4-15(5-2-13)20(22,23)24)8-7-17-12-28-19(27)26(17)18(14)9-16/h1-6,9,17H,7-8,10-12H2. The number of nitrogens with zero attached hydrogens (tertiary/aromatic N) is 2. The Morgan fingerprint density at radius 2 is 1.86 bits per heavy atom. The van der Waals surface area contributed by atoms with Crippen LogP contribution in [0.15, 0.2) is 42.5 Å². The van der Waals surface area contributed by atoms with Crippen molar-refractivity contribution >= 4 is 11.8 Å². The lowest BCUT2D eigenvalue weighted by Crippen LogP contribution is -2.40. The summed E-state index contributed by atoms with van der Waals surface area (Å²) in [5.74, 6) is -0.438. The molecule has 0 N–H and O–H groups in total. The van der Waals surface area contributed by atoms with Gasteiger partial charge in [-0.25, -0.2) is 9.18 Å². The smallest absolute Gasteiger partial charge is 0.416 e. The second kappa shape index (κ2) is 7.09. The number of hydrogen-bond acceptors (Lipinski definition) is 3. The number of cyclic esters (lactones) is 1. The van der Waals surface area contributed by atoms with Crippen LogP contribution in [0.25, 0.3) is 0 Å². The number of carbonyl (C=O) groups excluding carboxylic acids is 1. The first-order chi connectivity index (χ1) is 13.3. The molecule has 0 aliphatic carbocycles. The Hall–Kier alpha value is -2.61. The lowest BCUT2D eigenvalue weighted by atomic mass is 10.0. The second-order valence-electron chi connectivity index (χ2n) is 7.07. The molecule has 28 heavy (non-hydrogen) atoms. The third kappa shape index (κ3) is 3.69. The molecule has 0 saturated carbocycles. The van der Waals surface area contributed by atoms with Gasteiger partial charge in [0, 0.05) is 19.6 Å². The second-order valence-corrected chi connectivity index (χ2v) is 7.07. The maximum absolute atomic E-state index is 13.8. The minimum Gasteiger partial charge on any atom is -0.447 e. The third-order valence-corrected chi connectivity index (χ3v) is 5.13. The van der Waals surface area contributed by atoms with Crippen molar-refractivity contribution in [2.24, 2.45) is 0 Å². The molecular formula is C20H18F4N2O2. The fourth-order valence-electron chi connectivity index (χ4n) is 3.71. The molecule has 0 radical (unpaired) electrons. The molecule has 1 amide bonds. The largest absolute Gasteiger partial charge is 0.447 e. The highest BCUT2D eigenvalue weighted by atomic mass is 19.4. The van der Waals surface area contributed by atoms with Gasteiger partial charge in [-0.2, -0.15) is 13.2 Å². The van der Waals surface area contributed by atoms with Gasteiger partial charge in [-0.3, -0.25) is 9.80 Å². The Kier molecular flexibility index (Phi) is 4.74. The van der Waals surface area contributed by atoms with E-state index in [0.29, 0.717) is 31.7 Å². The quantitative estimate of drug-likeness (QED) is 0.700. The van der Waals surface area contributed by atoms with Gasteiger partial charge < -0.3 is 4.74 Å². The molecule has 4 nitrogen and oxygen atoms in total. The summed E-state index contributed by atoms with van der Waals surface area (Å²) in [4.78, 5) is 15.7. The van der Waals surface area contributed by atoms with E-state index in [9.17, 15) is 22.4 Å². The Balaban J connectivity index is 1.58. The molecule has 0 spiro atoms. The van der Waals surface area contributed by atoms with E-state index in [2.05, 4.69) is 4.90 Å². The molecule has 1 atom stereocenters. The number of halogens is 4. The summed E-state index contributed by atoms with van der Waals surface area (Å²) >= 11 is 0. The molecule has 1 unspecified atom stereocenters. The zero-order chi connectivity index (χ0) is 19.9. The highest BCUT2D eigenvalue weighted by Gasteiger charge is 2.37. The van der Waals surface area contributed by atoms with Crippen LogP contribution in [0.5, 0.6) is 0 Å². The zero-order valence-electron chi connectivity index (χ0n) is 14.9. The van der Waals surface area contributed by atoms with E-state index in [4.69, 9.17) is 4.74 Å². The Labute approximate surface area is 159 Å². The molecule has 0 aromatic heterocycles. The van der Waals surface area contributed by atoms with E-state index in [0.717, 1.165) is 23.3 Å². The van der Waals surface area contributed by atoms with Gasteiger partial charge in [0.25, 0.3) is 0 Å².